The molecule has 3 N–H and O–H groups in total. The van der Waals surface area contributed by atoms with Gasteiger partial charge in [-0.3, -0.25) is 4.79 Å². The van der Waals surface area contributed by atoms with Gasteiger partial charge in [-0.2, -0.15) is 0 Å². The van der Waals surface area contributed by atoms with Crippen molar-refractivity contribution in [2.75, 3.05) is 7.05 Å². The van der Waals surface area contributed by atoms with Crippen molar-refractivity contribution >= 4 is 5.97 Å². The summed E-state index contributed by atoms with van der Waals surface area (Å²) in [4.78, 5) is 11.3. The number of carbonyl (C=O) groups is 1. The summed E-state index contributed by atoms with van der Waals surface area (Å²) < 4.78 is 5.65. The van der Waals surface area contributed by atoms with Gasteiger partial charge in [0.1, 0.15) is 12.6 Å². The third-order valence-corrected chi connectivity index (χ3v) is 3.39. The number of nitrogens with one attached hydrogen (secondary N) is 1. The standard InChI is InChI=1S/C17H19NO4.C2H6/c1-11-8-13(15(18-2)17(20)21)9-14(16(11)19)22-10-12-6-4-3-5-7-12;1-2/h3-9,15,18-19H,10H2,1-2H3,(H,20,21);1-2H3. The number of carboxylic acids is 1. The van der Waals surface area contributed by atoms with E-state index in [0.717, 1.165) is 5.56 Å². The molecule has 0 saturated carbocycles. The number of benzene rings is 2. The number of ether oxygens (including phenoxy) is 1. The van der Waals surface area contributed by atoms with Crippen molar-refractivity contribution in [1.29, 1.82) is 0 Å². The summed E-state index contributed by atoms with van der Waals surface area (Å²) in [7, 11) is 1.57. The fraction of sp³-hybridized carbons (Fsp3) is 0.316. The molecule has 0 saturated heterocycles. The smallest absolute Gasteiger partial charge is 0.325 e. The second-order valence-electron chi connectivity index (χ2n) is 5.02. The van der Waals surface area contributed by atoms with Gasteiger partial charge in [-0.1, -0.05) is 44.2 Å². The van der Waals surface area contributed by atoms with Crippen LogP contribution in [0.5, 0.6) is 11.5 Å². The number of phenols is 1. The zero-order chi connectivity index (χ0) is 18.1. The molecule has 0 aliphatic carbocycles. The third kappa shape index (κ3) is 4.99. The van der Waals surface area contributed by atoms with Crippen LogP contribution in [-0.2, 0) is 11.4 Å². The SMILES string of the molecule is CC.CNC(C(=O)O)c1cc(C)c(O)c(OCc2ccccc2)c1. The highest BCUT2D eigenvalue weighted by atomic mass is 16.5. The van der Waals surface area contributed by atoms with Crippen molar-refractivity contribution in [3.05, 3.63) is 59.2 Å². The fourth-order valence-corrected chi connectivity index (χ4v) is 2.22. The Labute approximate surface area is 142 Å². The Morgan fingerprint density at radius 2 is 1.83 bits per heavy atom. The molecule has 0 aromatic heterocycles. The van der Waals surface area contributed by atoms with Crippen molar-refractivity contribution in [2.45, 2.75) is 33.4 Å². The highest BCUT2D eigenvalue weighted by Gasteiger charge is 2.20. The summed E-state index contributed by atoms with van der Waals surface area (Å²) in [5, 5.41) is 22.0. The normalized spacial score (nSPS) is 11.2. The maximum absolute atomic E-state index is 11.3. The summed E-state index contributed by atoms with van der Waals surface area (Å²) in [6.45, 7) is 6.01. The lowest BCUT2D eigenvalue weighted by Crippen LogP contribution is -2.25. The minimum Gasteiger partial charge on any atom is -0.504 e. The van der Waals surface area contributed by atoms with Crippen molar-refractivity contribution < 1.29 is 19.7 Å². The summed E-state index contributed by atoms with van der Waals surface area (Å²) >= 11 is 0. The van der Waals surface area contributed by atoms with Gasteiger partial charge in [0.25, 0.3) is 0 Å². The highest BCUT2D eigenvalue weighted by Crippen LogP contribution is 2.33. The lowest BCUT2D eigenvalue weighted by molar-refractivity contribution is -0.139. The molecule has 1 atom stereocenters. The van der Waals surface area contributed by atoms with E-state index in [1.807, 2.05) is 44.2 Å². The molecule has 2 aromatic rings. The van der Waals surface area contributed by atoms with Crippen LogP contribution in [0.1, 0.15) is 36.6 Å². The first kappa shape index (κ1) is 19.5. The lowest BCUT2D eigenvalue weighted by Gasteiger charge is -2.16. The summed E-state index contributed by atoms with van der Waals surface area (Å²) in [5.74, 6) is -0.679. The van der Waals surface area contributed by atoms with Crippen LogP contribution >= 0.6 is 0 Å². The van der Waals surface area contributed by atoms with E-state index in [1.165, 1.54) is 0 Å². The topological polar surface area (TPSA) is 78.8 Å². The quantitative estimate of drug-likeness (QED) is 0.753. The Balaban J connectivity index is 0.00000139. The molecule has 2 rings (SSSR count). The molecular weight excluding hydrogens is 306 g/mol. The average molecular weight is 331 g/mol. The maximum Gasteiger partial charge on any atom is 0.325 e. The Bertz CT molecular complexity index is 656. The van der Waals surface area contributed by atoms with Gasteiger partial charge in [-0.25, -0.2) is 0 Å². The summed E-state index contributed by atoms with van der Waals surface area (Å²) in [5.41, 5.74) is 2.07. The minimum absolute atomic E-state index is 0.0277. The zero-order valence-electron chi connectivity index (χ0n) is 14.5. The number of likely N-dealkylation sites (N-methyl/N-ethyl adjacent to an activating group) is 1. The molecule has 0 amide bonds. The Morgan fingerprint density at radius 3 is 2.38 bits per heavy atom. The molecule has 0 aliphatic rings. The largest absolute Gasteiger partial charge is 0.504 e. The molecule has 24 heavy (non-hydrogen) atoms. The van der Waals surface area contributed by atoms with Crippen molar-refractivity contribution in [2.24, 2.45) is 0 Å². The number of hydrogen-bond donors (Lipinski definition) is 3. The molecule has 5 heteroatoms. The number of hydrogen-bond acceptors (Lipinski definition) is 4. The van der Waals surface area contributed by atoms with E-state index in [-0.39, 0.29) is 11.5 Å². The summed E-state index contributed by atoms with van der Waals surface area (Å²) in [6, 6.07) is 11.9. The number of phenolic OH excluding ortho intramolecular Hbond substituents is 1. The van der Waals surface area contributed by atoms with Crippen molar-refractivity contribution in [1.82, 2.24) is 5.32 Å². The molecule has 2 aromatic carbocycles. The molecule has 0 spiro atoms. The second-order valence-corrected chi connectivity index (χ2v) is 5.02. The van der Waals surface area contributed by atoms with Gasteiger partial charge in [0.05, 0.1) is 0 Å². The molecule has 130 valence electrons. The van der Waals surface area contributed by atoms with E-state index in [4.69, 9.17) is 4.74 Å². The van der Waals surface area contributed by atoms with Crippen LogP contribution in [0.2, 0.25) is 0 Å². The number of aryl methyl sites for hydroxylation is 1. The minimum atomic E-state index is -0.985. The van der Waals surface area contributed by atoms with E-state index < -0.39 is 12.0 Å². The van der Waals surface area contributed by atoms with E-state index in [0.29, 0.717) is 17.7 Å². The van der Waals surface area contributed by atoms with Crippen LogP contribution in [0.15, 0.2) is 42.5 Å². The molecule has 5 nitrogen and oxygen atoms in total. The van der Waals surface area contributed by atoms with Crippen LogP contribution in [0, 0.1) is 6.92 Å². The molecule has 0 aliphatic heterocycles. The van der Waals surface area contributed by atoms with Gasteiger partial charge in [-0.15, -0.1) is 0 Å². The van der Waals surface area contributed by atoms with Gasteiger partial charge in [0.2, 0.25) is 0 Å². The summed E-state index contributed by atoms with van der Waals surface area (Å²) in [6.07, 6.45) is 0. The molecule has 0 heterocycles. The first-order chi connectivity index (χ1) is 11.5. The maximum atomic E-state index is 11.3. The van der Waals surface area contributed by atoms with Crippen LogP contribution in [0.3, 0.4) is 0 Å². The molecule has 1 unspecified atom stereocenters. The second kappa shape index (κ2) is 9.57. The highest BCUT2D eigenvalue weighted by molar-refractivity contribution is 5.76. The zero-order valence-corrected chi connectivity index (χ0v) is 14.5. The molecule has 0 radical (unpaired) electrons. The van der Waals surface area contributed by atoms with Crippen LogP contribution in [-0.4, -0.2) is 23.2 Å². The van der Waals surface area contributed by atoms with Crippen LogP contribution < -0.4 is 10.1 Å². The Hall–Kier alpha value is -2.53. The number of aromatic hydroxyl groups is 1. The van der Waals surface area contributed by atoms with Gasteiger partial charge in [0.15, 0.2) is 11.5 Å². The first-order valence-electron chi connectivity index (χ1n) is 7.93. The number of carboxylic acid groups (broad SMARTS) is 1. The average Bonchev–Trinajstić information content (AvgIpc) is 2.59. The number of rotatable bonds is 6. The Kier molecular flexibility index (Phi) is 7.79. The Morgan fingerprint density at radius 1 is 1.21 bits per heavy atom. The van der Waals surface area contributed by atoms with Crippen molar-refractivity contribution in [3.8, 4) is 11.5 Å². The monoisotopic (exact) mass is 331 g/mol. The third-order valence-electron chi connectivity index (χ3n) is 3.39. The van der Waals surface area contributed by atoms with Gasteiger partial charge < -0.3 is 20.3 Å². The van der Waals surface area contributed by atoms with Gasteiger partial charge >= 0.3 is 5.97 Å². The predicted octanol–water partition coefficient (Wildman–Crippen LogP) is 3.65. The molecular formula is C19H25NO4. The van der Waals surface area contributed by atoms with E-state index in [2.05, 4.69) is 5.32 Å². The molecule has 0 bridgehead atoms. The van der Waals surface area contributed by atoms with E-state index in [9.17, 15) is 15.0 Å². The van der Waals surface area contributed by atoms with Gasteiger partial charge in [0, 0.05) is 0 Å². The molecule has 0 fully saturated rings. The van der Waals surface area contributed by atoms with E-state index in [1.54, 1.807) is 26.1 Å². The van der Waals surface area contributed by atoms with Crippen LogP contribution in [0.4, 0.5) is 0 Å². The van der Waals surface area contributed by atoms with E-state index >= 15 is 0 Å². The lowest BCUT2D eigenvalue weighted by atomic mass is 10.0. The first-order valence-corrected chi connectivity index (χ1v) is 7.93. The van der Waals surface area contributed by atoms with Gasteiger partial charge in [-0.05, 0) is 42.8 Å². The van der Waals surface area contributed by atoms with Crippen LogP contribution in [0.25, 0.3) is 0 Å². The van der Waals surface area contributed by atoms with Crippen molar-refractivity contribution in [3.63, 3.8) is 0 Å². The number of aliphatic carboxylic acids is 1. The fourth-order valence-electron chi connectivity index (χ4n) is 2.22. The predicted molar refractivity (Wildman–Crippen MR) is 94.4 cm³/mol.